The van der Waals surface area contributed by atoms with Gasteiger partial charge >= 0.3 is 0 Å². The normalized spacial score (nSPS) is 11.6. The molecule has 1 rings (SSSR count). The van der Waals surface area contributed by atoms with Gasteiger partial charge in [-0.25, -0.2) is 0 Å². The van der Waals surface area contributed by atoms with Crippen molar-refractivity contribution in [1.82, 2.24) is 10.2 Å². The van der Waals surface area contributed by atoms with Crippen molar-refractivity contribution in [2.45, 2.75) is 72.3 Å². The van der Waals surface area contributed by atoms with Crippen LogP contribution < -0.4 is 14.8 Å². The molecule has 0 bridgehead atoms. The SMILES string of the molecule is CCCOc1ccc(C(C)NC(=O)CCCC(=O)N(CCC)CCC)cc1OC. The third-order valence-corrected chi connectivity index (χ3v) is 4.66. The number of benzene rings is 1. The van der Waals surface area contributed by atoms with Crippen molar-refractivity contribution in [1.29, 1.82) is 0 Å². The van der Waals surface area contributed by atoms with Crippen LogP contribution in [-0.4, -0.2) is 43.5 Å². The lowest BCUT2D eigenvalue weighted by Crippen LogP contribution is -2.32. The Hall–Kier alpha value is -2.24. The highest BCUT2D eigenvalue weighted by Crippen LogP contribution is 2.30. The predicted molar refractivity (Wildman–Crippen MR) is 116 cm³/mol. The minimum atomic E-state index is -0.149. The molecule has 2 amide bonds. The molecule has 0 spiro atoms. The molecule has 0 aromatic heterocycles. The molecule has 0 aliphatic rings. The van der Waals surface area contributed by atoms with Crippen LogP contribution in [-0.2, 0) is 9.59 Å². The number of hydrogen-bond donors (Lipinski definition) is 1. The van der Waals surface area contributed by atoms with Gasteiger partial charge in [-0.15, -0.1) is 0 Å². The monoisotopic (exact) mass is 406 g/mol. The third-order valence-electron chi connectivity index (χ3n) is 4.66. The molecular weight excluding hydrogens is 368 g/mol. The smallest absolute Gasteiger partial charge is 0.222 e. The van der Waals surface area contributed by atoms with Crippen LogP contribution in [0.25, 0.3) is 0 Å². The van der Waals surface area contributed by atoms with Crippen molar-refractivity contribution >= 4 is 11.8 Å². The van der Waals surface area contributed by atoms with E-state index in [9.17, 15) is 9.59 Å². The number of rotatable bonds is 14. The zero-order valence-electron chi connectivity index (χ0n) is 18.8. The van der Waals surface area contributed by atoms with Crippen molar-refractivity contribution in [3.05, 3.63) is 23.8 Å². The Morgan fingerprint density at radius 2 is 1.72 bits per heavy atom. The summed E-state index contributed by atoms with van der Waals surface area (Å²) in [5.74, 6) is 1.46. The lowest BCUT2D eigenvalue weighted by atomic mass is 10.1. The van der Waals surface area contributed by atoms with Crippen LogP contribution in [0.4, 0.5) is 0 Å². The first-order valence-corrected chi connectivity index (χ1v) is 10.8. The highest BCUT2D eigenvalue weighted by atomic mass is 16.5. The van der Waals surface area contributed by atoms with E-state index in [1.165, 1.54) is 0 Å². The summed E-state index contributed by atoms with van der Waals surface area (Å²) in [5, 5.41) is 3.00. The molecule has 164 valence electrons. The fourth-order valence-corrected chi connectivity index (χ4v) is 3.14. The van der Waals surface area contributed by atoms with Crippen LogP contribution >= 0.6 is 0 Å². The third kappa shape index (κ3) is 8.75. The van der Waals surface area contributed by atoms with Gasteiger partial charge in [-0.05, 0) is 50.3 Å². The standard InChI is InChI=1S/C23H38N2O4/c1-6-14-25(15-7-2)23(27)11-9-10-22(26)24-18(4)19-12-13-20(29-16-8-3)21(17-19)28-5/h12-13,17-18H,6-11,14-16H2,1-5H3,(H,24,26). The number of amides is 2. The number of carbonyl (C=O) groups excluding carboxylic acids is 2. The zero-order valence-corrected chi connectivity index (χ0v) is 18.8. The number of hydrogen-bond acceptors (Lipinski definition) is 4. The van der Waals surface area contributed by atoms with Gasteiger partial charge in [0.2, 0.25) is 11.8 Å². The fourth-order valence-electron chi connectivity index (χ4n) is 3.14. The second-order valence-electron chi connectivity index (χ2n) is 7.28. The van der Waals surface area contributed by atoms with Gasteiger partial charge in [-0.3, -0.25) is 9.59 Å². The maximum Gasteiger partial charge on any atom is 0.222 e. The molecule has 1 unspecified atom stereocenters. The number of nitrogens with zero attached hydrogens (tertiary/aromatic N) is 1. The first-order chi connectivity index (χ1) is 14.0. The summed E-state index contributed by atoms with van der Waals surface area (Å²) in [4.78, 5) is 26.5. The van der Waals surface area contributed by atoms with Gasteiger partial charge in [0.15, 0.2) is 11.5 Å². The van der Waals surface area contributed by atoms with Gasteiger partial charge in [-0.2, -0.15) is 0 Å². The van der Waals surface area contributed by atoms with Crippen molar-refractivity contribution in [2.75, 3.05) is 26.8 Å². The molecule has 0 radical (unpaired) electrons. The second kappa shape index (κ2) is 13.9. The Morgan fingerprint density at radius 1 is 1.03 bits per heavy atom. The molecule has 29 heavy (non-hydrogen) atoms. The van der Waals surface area contributed by atoms with Gasteiger partial charge in [0, 0.05) is 25.9 Å². The highest BCUT2D eigenvalue weighted by Gasteiger charge is 2.15. The summed E-state index contributed by atoms with van der Waals surface area (Å²) >= 11 is 0. The Labute approximate surface area is 175 Å². The summed E-state index contributed by atoms with van der Waals surface area (Å²) in [6.45, 7) is 10.3. The van der Waals surface area contributed by atoms with E-state index in [1.807, 2.05) is 30.0 Å². The maximum absolute atomic E-state index is 12.3. The maximum atomic E-state index is 12.3. The first-order valence-electron chi connectivity index (χ1n) is 10.8. The van der Waals surface area contributed by atoms with E-state index in [0.29, 0.717) is 37.4 Å². The van der Waals surface area contributed by atoms with Crippen LogP contribution in [0.5, 0.6) is 11.5 Å². The molecule has 1 aromatic carbocycles. The molecule has 1 aromatic rings. The highest BCUT2D eigenvalue weighted by molar-refractivity contribution is 5.79. The molecule has 0 aliphatic heterocycles. The zero-order chi connectivity index (χ0) is 21.6. The molecular formula is C23H38N2O4. The van der Waals surface area contributed by atoms with Crippen LogP contribution in [0.2, 0.25) is 0 Å². The summed E-state index contributed by atoms with van der Waals surface area (Å²) in [7, 11) is 1.61. The van der Waals surface area contributed by atoms with Crippen LogP contribution in [0.3, 0.4) is 0 Å². The Bertz CT molecular complexity index is 627. The number of methoxy groups -OCH3 is 1. The molecule has 0 heterocycles. The molecule has 6 nitrogen and oxygen atoms in total. The van der Waals surface area contributed by atoms with Gasteiger partial charge in [0.05, 0.1) is 19.8 Å². The van der Waals surface area contributed by atoms with E-state index < -0.39 is 0 Å². The van der Waals surface area contributed by atoms with E-state index in [0.717, 1.165) is 37.9 Å². The summed E-state index contributed by atoms with van der Waals surface area (Å²) in [6.07, 6.45) is 4.16. The van der Waals surface area contributed by atoms with Gasteiger partial charge in [0.1, 0.15) is 0 Å². The van der Waals surface area contributed by atoms with Crippen molar-refractivity contribution in [2.24, 2.45) is 0 Å². The van der Waals surface area contributed by atoms with Gasteiger partial charge < -0.3 is 19.7 Å². The second-order valence-corrected chi connectivity index (χ2v) is 7.28. The Morgan fingerprint density at radius 3 is 2.31 bits per heavy atom. The average Bonchev–Trinajstić information content (AvgIpc) is 2.71. The largest absolute Gasteiger partial charge is 0.493 e. The van der Waals surface area contributed by atoms with Gasteiger partial charge in [-0.1, -0.05) is 26.8 Å². The summed E-state index contributed by atoms with van der Waals surface area (Å²) in [5.41, 5.74) is 0.951. The summed E-state index contributed by atoms with van der Waals surface area (Å²) < 4.78 is 11.1. The number of ether oxygens (including phenoxy) is 2. The van der Waals surface area contributed by atoms with Crippen LogP contribution in [0.15, 0.2) is 18.2 Å². The Balaban J connectivity index is 2.52. The lowest BCUT2D eigenvalue weighted by molar-refractivity contribution is -0.131. The number of carbonyl (C=O) groups is 2. The first kappa shape index (κ1) is 24.8. The lowest BCUT2D eigenvalue weighted by Gasteiger charge is -2.21. The van der Waals surface area contributed by atoms with Gasteiger partial charge in [0.25, 0.3) is 0 Å². The number of nitrogens with one attached hydrogen (secondary N) is 1. The molecule has 1 atom stereocenters. The topological polar surface area (TPSA) is 67.9 Å². The van der Waals surface area contributed by atoms with E-state index in [1.54, 1.807) is 7.11 Å². The Kier molecular flexibility index (Phi) is 11.8. The van der Waals surface area contributed by atoms with Crippen molar-refractivity contribution in [3.8, 4) is 11.5 Å². The summed E-state index contributed by atoms with van der Waals surface area (Å²) in [6, 6.07) is 5.56. The van der Waals surface area contributed by atoms with E-state index in [2.05, 4.69) is 26.1 Å². The van der Waals surface area contributed by atoms with Crippen molar-refractivity contribution < 1.29 is 19.1 Å². The quantitative estimate of drug-likeness (QED) is 0.495. The minimum absolute atomic E-state index is 0.0480. The molecule has 1 N–H and O–H groups in total. The molecule has 0 saturated heterocycles. The average molecular weight is 407 g/mol. The van der Waals surface area contributed by atoms with E-state index >= 15 is 0 Å². The molecule has 0 saturated carbocycles. The van der Waals surface area contributed by atoms with E-state index in [4.69, 9.17) is 9.47 Å². The molecule has 0 fully saturated rings. The predicted octanol–water partition coefficient (Wildman–Crippen LogP) is 4.48. The van der Waals surface area contributed by atoms with Crippen molar-refractivity contribution in [3.63, 3.8) is 0 Å². The molecule has 0 aliphatic carbocycles. The fraction of sp³-hybridized carbons (Fsp3) is 0.652. The minimum Gasteiger partial charge on any atom is -0.493 e. The van der Waals surface area contributed by atoms with Crippen LogP contribution in [0, 0.1) is 0 Å². The van der Waals surface area contributed by atoms with E-state index in [-0.39, 0.29) is 17.9 Å². The molecule has 6 heteroatoms. The van der Waals surface area contributed by atoms with Crippen LogP contribution in [0.1, 0.15) is 77.8 Å².